The van der Waals surface area contributed by atoms with Gasteiger partial charge >= 0.3 is 0 Å². The van der Waals surface area contributed by atoms with Gasteiger partial charge in [-0.1, -0.05) is 78.9 Å². The van der Waals surface area contributed by atoms with Gasteiger partial charge in [-0.05, 0) is 67.4 Å². The normalized spacial score (nSPS) is 34.3. The first-order chi connectivity index (χ1) is 16.3. The number of fused-ring (bicyclic) bond motifs is 6. The van der Waals surface area contributed by atoms with Gasteiger partial charge in [0.1, 0.15) is 11.0 Å². The number of alkyl halides is 1. The van der Waals surface area contributed by atoms with Crippen LogP contribution in [0.1, 0.15) is 43.2 Å². The Labute approximate surface area is 200 Å². The zero-order valence-electron chi connectivity index (χ0n) is 18.8. The molecule has 6 unspecified atom stereocenters. The van der Waals surface area contributed by atoms with Crippen molar-refractivity contribution in [3.63, 3.8) is 0 Å². The molecule has 4 aliphatic rings. The van der Waals surface area contributed by atoms with Gasteiger partial charge in [0.25, 0.3) is 0 Å². The molecule has 6 atom stereocenters. The number of hydrogen-bond donors (Lipinski definition) is 0. The first-order valence-electron chi connectivity index (χ1n) is 12.5. The summed E-state index contributed by atoms with van der Waals surface area (Å²) in [5.74, 6) is 2.50. The Morgan fingerprint density at radius 3 is 2.67 bits per heavy atom. The second-order valence-electron chi connectivity index (χ2n) is 10.3. The number of halogens is 1. The fourth-order valence-corrected chi connectivity index (χ4v) is 8.05. The highest BCUT2D eigenvalue weighted by molar-refractivity contribution is 6.24. The molecule has 2 aromatic carbocycles. The van der Waals surface area contributed by atoms with E-state index in [1.807, 2.05) is 0 Å². The first-order valence-corrected chi connectivity index (χ1v) is 13.0. The lowest BCUT2D eigenvalue weighted by Crippen LogP contribution is -2.40. The summed E-state index contributed by atoms with van der Waals surface area (Å²) in [7, 11) is 0. The Hall–Kier alpha value is -2.51. The predicted octanol–water partition coefficient (Wildman–Crippen LogP) is 6.47. The van der Waals surface area contributed by atoms with Gasteiger partial charge < -0.3 is 4.42 Å². The summed E-state index contributed by atoms with van der Waals surface area (Å²) in [6.07, 6.45) is 19.9. The summed E-state index contributed by atoms with van der Waals surface area (Å²) in [6.45, 7) is 0. The molecular formula is C31H29ClO. The largest absolute Gasteiger partial charge is 0.456 e. The van der Waals surface area contributed by atoms with Gasteiger partial charge in [0.2, 0.25) is 0 Å². The van der Waals surface area contributed by atoms with Crippen LogP contribution in [-0.4, -0.2) is 5.38 Å². The molecule has 0 amide bonds. The van der Waals surface area contributed by atoms with Gasteiger partial charge in [-0.15, -0.1) is 11.6 Å². The molecule has 0 radical (unpaired) electrons. The van der Waals surface area contributed by atoms with Crippen LogP contribution in [0.15, 0.2) is 77.3 Å². The topological polar surface area (TPSA) is 13.1 Å². The first kappa shape index (κ1) is 19.9. The van der Waals surface area contributed by atoms with Crippen molar-refractivity contribution in [3.05, 3.63) is 94.6 Å². The van der Waals surface area contributed by atoms with E-state index in [-0.39, 0.29) is 10.8 Å². The fraction of sp³-hybridized carbons (Fsp3) is 0.355. The average Bonchev–Trinajstić information content (AvgIpc) is 3.38. The number of allylic oxidation sites excluding steroid dienone is 4. The molecule has 166 valence electrons. The second-order valence-corrected chi connectivity index (χ2v) is 10.9. The van der Waals surface area contributed by atoms with E-state index in [2.05, 4.69) is 85.0 Å². The van der Waals surface area contributed by atoms with Gasteiger partial charge in [0.05, 0.1) is 5.38 Å². The summed E-state index contributed by atoms with van der Waals surface area (Å²) in [5.41, 5.74) is 4.79. The molecule has 3 aromatic rings. The van der Waals surface area contributed by atoms with Crippen molar-refractivity contribution in [1.82, 2.24) is 0 Å². The molecule has 4 aliphatic carbocycles. The van der Waals surface area contributed by atoms with Crippen molar-refractivity contribution in [1.29, 1.82) is 0 Å². The van der Waals surface area contributed by atoms with Crippen LogP contribution in [0.25, 0.3) is 23.1 Å². The Balaban J connectivity index is 1.60. The Bertz CT molecular complexity index is 1390. The molecule has 0 spiro atoms. The molecule has 0 bridgehead atoms. The van der Waals surface area contributed by atoms with E-state index in [9.17, 15) is 0 Å². The Morgan fingerprint density at radius 2 is 1.76 bits per heavy atom. The quantitative estimate of drug-likeness (QED) is 0.321. The Kier molecular flexibility index (Phi) is 4.53. The van der Waals surface area contributed by atoms with E-state index in [0.29, 0.717) is 11.8 Å². The van der Waals surface area contributed by atoms with Crippen molar-refractivity contribution in [3.8, 4) is 0 Å². The second kappa shape index (κ2) is 7.50. The van der Waals surface area contributed by atoms with Gasteiger partial charge in [0.15, 0.2) is 0 Å². The minimum absolute atomic E-state index is 0.0371. The Morgan fingerprint density at radius 1 is 0.879 bits per heavy atom. The minimum Gasteiger partial charge on any atom is -0.456 e. The highest BCUT2D eigenvalue weighted by Crippen LogP contribution is 2.65. The van der Waals surface area contributed by atoms with Crippen LogP contribution in [0.2, 0.25) is 0 Å². The molecular weight excluding hydrogens is 424 g/mol. The lowest BCUT2D eigenvalue weighted by atomic mass is 9.59. The molecule has 0 N–H and O–H groups in total. The van der Waals surface area contributed by atoms with Crippen molar-refractivity contribution >= 4 is 34.7 Å². The lowest BCUT2D eigenvalue weighted by molar-refractivity contribution is 0.264. The van der Waals surface area contributed by atoms with Gasteiger partial charge in [-0.25, -0.2) is 0 Å². The monoisotopic (exact) mass is 452 g/mol. The van der Waals surface area contributed by atoms with E-state index in [4.69, 9.17) is 16.0 Å². The van der Waals surface area contributed by atoms with E-state index in [1.54, 1.807) is 0 Å². The van der Waals surface area contributed by atoms with Crippen LogP contribution >= 0.6 is 11.6 Å². The molecule has 1 heterocycles. The molecule has 1 aromatic heterocycles. The van der Waals surface area contributed by atoms with Crippen LogP contribution in [0, 0.1) is 23.7 Å². The zero-order valence-corrected chi connectivity index (χ0v) is 19.5. The SMILES string of the molecule is ClC1C=c2c(oc3c(C4(c5ccccc5)C5C=CCCC5C5CC=CCC54)cccc23)=CC1. The third-order valence-corrected chi connectivity index (χ3v) is 9.27. The molecule has 1 fully saturated rings. The fourth-order valence-electron chi connectivity index (χ4n) is 7.83. The zero-order chi connectivity index (χ0) is 22.0. The summed E-state index contributed by atoms with van der Waals surface area (Å²) in [4.78, 5) is 0. The maximum absolute atomic E-state index is 6.70. The van der Waals surface area contributed by atoms with Gasteiger partial charge in [-0.3, -0.25) is 0 Å². The predicted molar refractivity (Wildman–Crippen MR) is 137 cm³/mol. The summed E-state index contributed by atoms with van der Waals surface area (Å²) < 4.78 is 6.70. The average molecular weight is 453 g/mol. The molecule has 1 nitrogen and oxygen atoms in total. The van der Waals surface area contributed by atoms with E-state index >= 15 is 0 Å². The molecule has 1 saturated carbocycles. The van der Waals surface area contributed by atoms with E-state index in [1.165, 1.54) is 41.0 Å². The maximum atomic E-state index is 6.70. The highest BCUT2D eigenvalue weighted by Gasteiger charge is 2.61. The van der Waals surface area contributed by atoms with Crippen molar-refractivity contribution in [2.75, 3.05) is 0 Å². The lowest BCUT2D eigenvalue weighted by Gasteiger charge is -2.43. The number of hydrogen-bond acceptors (Lipinski definition) is 1. The molecule has 0 saturated heterocycles. The third kappa shape index (κ3) is 2.72. The van der Waals surface area contributed by atoms with Gasteiger partial charge in [-0.2, -0.15) is 0 Å². The summed E-state index contributed by atoms with van der Waals surface area (Å²) in [5, 5.41) is 2.43. The van der Waals surface area contributed by atoms with Crippen molar-refractivity contribution < 1.29 is 4.42 Å². The van der Waals surface area contributed by atoms with E-state index in [0.717, 1.165) is 35.7 Å². The standard InChI is InChI=1S/C31H29ClO/c32-21-17-18-29-25(19-21)24-13-8-16-28(30(24)33-29)31(20-9-2-1-3-10-20)26-14-6-4-11-22(26)23-12-5-7-15-27(23)31/h1-4,6-10,13,15-16,18-19,21-23,26-27H,5,11-12,14,17H2. The number of rotatable bonds is 2. The maximum Gasteiger partial charge on any atom is 0.139 e. The summed E-state index contributed by atoms with van der Waals surface area (Å²) in [6, 6.07) is 18.2. The van der Waals surface area contributed by atoms with Crippen molar-refractivity contribution in [2.45, 2.75) is 42.9 Å². The summed E-state index contributed by atoms with van der Waals surface area (Å²) >= 11 is 6.53. The molecule has 7 rings (SSSR count). The van der Waals surface area contributed by atoms with Crippen molar-refractivity contribution in [2.24, 2.45) is 23.7 Å². The minimum atomic E-state index is -0.0847. The number of furan rings is 1. The van der Waals surface area contributed by atoms with Crippen LogP contribution < -0.4 is 10.6 Å². The smallest absolute Gasteiger partial charge is 0.139 e. The van der Waals surface area contributed by atoms with Crippen LogP contribution in [0.3, 0.4) is 0 Å². The van der Waals surface area contributed by atoms with Crippen LogP contribution in [0.4, 0.5) is 0 Å². The van der Waals surface area contributed by atoms with Crippen LogP contribution in [-0.2, 0) is 5.41 Å². The van der Waals surface area contributed by atoms with Crippen LogP contribution in [0.5, 0.6) is 0 Å². The molecule has 0 aliphatic heterocycles. The third-order valence-electron chi connectivity index (χ3n) is 8.97. The van der Waals surface area contributed by atoms with Gasteiger partial charge in [0, 0.05) is 21.6 Å². The highest BCUT2D eigenvalue weighted by atomic mass is 35.5. The molecule has 2 heteroatoms. The van der Waals surface area contributed by atoms with E-state index < -0.39 is 0 Å². The number of benzene rings is 2. The molecule has 33 heavy (non-hydrogen) atoms. The number of para-hydroxylation sites is 1.